The summed E-state index contributed by atoms with van der Waals surface area (Å²) in [6.45, 7) is -1.07. The van der Waals surface area contributed by atoms with Crippen LogP contribution in [0.2, 0.25) is 0 Å². The van der Waals surface area contributed by atoms with Gasteiger partial charge in [0, 0.05) is 6.08 Å². The van der Waals surface area contributed by atoms with Gasteiger partial charge in [-0.15, -0.1) is 0 Å². The van der Waals surface area contributed by atoms with E-state index in [-0.39, 0.29) is 5.56 Å². The van der Waals surface area contributed by atoms with Crippen LogP contribution in [0.15, 0.2) is 48.5 Å². The Kier molecular flexibility index (Phi) is 9.36. The average Bonchev–Trinajstić information content (AvgIpc) is 2.95. The van der Waals surface area contributed by atoms with Crippen LogP contribution in [-0.4, -0.2) is 88.7 Å². The first-order chi connectivity index (χ1) is 20.2. The van der Waals surface area contributed by atoms with Crippen LogP contribution in [-0.2, 0) is 23.8 Å². The maximum Gasteiger partial charge on any atom is 0.349 e. The zero-order valence-electron chi connectivity index (χ0n) is 21.4. The number of phenolic OH excluding ortho intramolecular Hbond substituents is 8. The molecule has 2 atom stereocenters. The van der Waals surface area contributed by atoms with Crippen molar-refractivity contribution in [3.63, 3.8) is 0 Å². The van der Waals surface area contributed by atoms with E-state index >= 15 is 0 Å². The number of esters is 3. The molecule has 0 aromatic heterocycles. The smallest absolute Gasteiger partial charge is 0.349 e. The van der Waals surface area contributed by atoms with Gasteiger partial charge < -0.3 is 60.2 Å². The fraction of sp³-hybridized carbons (Fsp3) is 0.111. The molecule has 16 heteroatoms. The SMILES string of the molecule is O=C(/C=C\c1ccc(O)c(O)c1)OC[C@H](OC(=O)c1cc(O)c(O)c(O)c1)[C@@H](OC(=O)c1cc(O)c(O)c(O)c1)C(=O)O. The normalized spacial score (nSPS) is 12.3. The van der Waals surface area contributed by atoms with Crippen molar-refractivity contribution in [2.75, 3.05) is 6.61 Å². The summed E-state index contributed by atoms with van der Waals surface area (Å²) in [5.41, 5.74) is -1.02. The lowest BCUT2D eigenvalue weighted by atomic mass is 10.1. The van der Waals surface area contributed by atoms with E-state index in [1.54, 1.807) is 0 Å². The van der Waals surface area contributed by atoms with Crippen molar-refractivity contribution < 1.29 is 79.3 Å². The molecule has 0 aliphatic rings. The van der Waals surface area contributed by atoms with Gasteiger partial charge in [-0.3, -0.25) is 0 Å². The fourth-order valence-electron chi connectivity index (χ4n) is 3.32. The minimum atomic E-state index is -2.42. The summed E-state index contributed by atoms with van der Waals surface area (Å²) in [7, 11) is 0. The number of hydrogen-bond acceptors (Lipinski definition) is 15. The lowest BCUT2D eigenvalue weighted by molar-refractivity contribution is -0.160. The Hall–Kier alpha value is -6.32. The Morgan fingerprint density at radius 2 is 1.14 bits per heavy atom. The molecule has 16 nitrogen and oxygen atoms in total. The molecule has 0 aliphatic carbocycles. The number of aliphatic carboxylic acids is 1. The van der Waals surface area contributed by atoms with Gasteiger partial charge in [-0.2, -0.15) is 0 Å². The number of carbonyl (C=O) groups excluding carboxylic acids is 3. The summed E-state index contributed by atoms with van der Waals surface area (Å²) < 4.78 is 14.9. The highest BCUT2D eigenvalue weighted by atomic mass is 16.6. The predicted molar refractivity (Wildman–Crippen MR) is 139 cm³/mol. The molecule has 3 rings (SSSR count). The van der Waals surface area contributed by atoms with E-state index in [0.717, 1.165) is 24.3 Å². The third-order valence-corrected chi connectivity index (χ3v) is 5.49. The van der Waals surface area contributed by atoms with Crippen LogP contribution in [0, 0.1) is 0 Å². The third-order valence-electron chi connectivity index (χ3n) is 5.49. The number of carboxylic acid groups (broad SMARTS) is 1. The second-order valence-corrected chi connectivity index (χ2v) is 8.55. The number of benzene rings is 3. The molecule has 0 unspecified atom stereocenters. The third kappa shape index (κ3) is 7.66. The van der Waals surface area contributed by atoms with Gasteiger partial charge in [0.2, 0.25) is 6.10 Å². The Morgan fingerprint density at radius 3 is 1.60 bits per heavy atom. The van der Waals surface area contributed by atoms with E-state index in [1.165, 1.54) is 6.07 Å². The van der Waals surface area contributed by atoms with Crippen molar-refractivity contribution in [1.82, 2.24) is 0 Å². The molecule has 3 aromatic carbocycles. The molecule has 0 fully saturated rings. The minimum absolute atomic E-state index is 0.236. The van der Waals surface area contributed by atoms with Crippen LogP contribution < -0.4 is 0 Å². The highest BCUT2D eigenvalue weighted by molar-refractivity contribution is 5.94. The molecule has 0 saturated heterocycles. The Bertz CT molecular complexity index is 1560. The number of rotatable bonds is 10. The van der Waals surface area contributed by atoms with Crippen molar-refractivity contribution in [3.05, 3.63) is 65.2 Å². The molecule has 0 bridgehead atoms. The number of carbonyl (C=O) groups is 4. The molecule has 0 radical (unpaired) electrons. The second kappa shape index (κ2) is 12.9. The van der Waals surface area contributed by atoms with Crippen molar-refractivity contribution in [2.24, 2.45) is 0 Å². The van der Waals surface area contributed by atoms with E-state index < -0.39 is 99.8 Å². The summed E-state index contributed by atoms with van der Waals surface area (Å²) in [6, 6.07) is 6.13. The Morgan fingerprint density at radius 1 is 0.651 bits per heavy atom. The first kappa shape index (κ1) is 31.2. The van der Waals surface area contributed by atoms with Crippen LogP contribution in [0.4, 0.5) is 0 Å². The maximum atomic E-state index is 12.7. The number of ether oxygens (including phenoxy) is 3. The molecule has 0 heterocycles. The zero-order chi connectivity index (χ0) is 32.0. The number of hydrogen-bond donors (Lipinski definition) is 9. The van der Waals surface area contributed by atoms with E-state index in [2.05, 4.69) is 0 Å². The monoisotopic (exact) mass is 602 g/mol. The summed E-state index contributed by atoms with van der Waals surface area (Å²) >= 11 is 0. The summed E-state index contributed by atoms with van der Waals surface area (Å²) in [6.07, 6.45) is -2.56. The lowest BCUT2D eigenvalue weighted by Gasteiger charge is -2.24. The molecular formula is C27H22O16. The van der Waals surface area contributed by atoms with Gasteiger partial charge in [0.25, 0.3) is 0 Å². The largest absolute Gasteiger partial charge is 0.504 e. The van der Waals surface area contributed by atoms with Gasteiger partial charge in [-0.1, -0.05) is 6.07 Å². The summed E-state index contributed by atoms with van der Waals surface area (Å²) in [5.74, 6) is -12.7. The predicted octanol–water partition coefficient (Wildman–Crippen LogP) is 1.42. The maximum absolute atomic E-state index is 12.7. The molecular weight excluding hydrogens is 580 g/mol. The first-order valence-electron chi connectivity index (χ1n) is 11.7. The molecule has 0 spiro atoms. The molecule has 0 saturated carbocycles. The van der Waals surface area contributed by atoms with Gasteiger partial charge in [0.15, 0.2) is 52.1 Å². The van der Waals surface area contributed by atoms with E-state index in [4.69, 9.17) is 14.2 Å². The van der Waals surface area contributed by atoms with E-state index in [9.17, 15) is 65.1 Å². The molecule has 0 aliphatic heterocycles. The van der Waals surface area contributed by atoms with E-state index in [0.29, 0.717) is 24.3 Å². The number of carboxylic acids is 1. The van der Waals surface area contributed by atoms with Crippen LogP contribution in [0.1, 0.15) is 26.3 Å². The molecule has 226 valence electrons. The topological polar surface area (TPSA) is 278 Å². The Labute approximate surface area is 239 Å². The summed E-state index contributed by atoms with van der Waals surface area (Å²) in [4.78, 5) is 49.7. The van der Waals surface area contributed by atoms with E-state index in [1.807, 2.05) is 0 Å². The first-order valence-corrected chi connectivity index (χ1v) is 11.7. The highest BCUT2D eigenvalue weighted by Crippen LogP contribution is 2.37. The van der Waals surface area contributed by atoms with Crippen LogP contribution >= 0.6 is 0 Å². The van der Waals surface area contributed by atoms with Crippen molar-refractivity contribution >= 4 is 30.0 Å². The van der Waals surface area contributed by atoms with Crippen molar-refractivity contribution in [2.45, 2.75) is 12.2 Å². The summed E-state index contributed by atoms with van der Waals surface area (Å²) in [5, 5.41) is 86.3. The van der Waals surface area contributed by atoms with Crippen molar-refractivity contribution in [3.8, 4) is 46.0 Å². The van der Waals surface area contributed by atoms with Gasteiger partial charge in [0.1, 0.15) is 6.61 Å². The standard InChI is InChI=1S/C27H22O16/c28-14-3-1-11(5-15(14)29)2-4-21(34)41-10-20(42-26(39)12-6-16(30)22(35)17(31)7-12)24(25(37)38)43-27(40)13-8-18(32)23(36)19(33)9-13/h1-9,20,24,28-33,35-36H,10H2,(H,37,38)/b4-2-/t20-,24+/m0/s1. The number of aromatic hydroxyl groups is 8. The number of phenols is 8. The van der Waals surface area contributed by atoms with Gasteiger partial charge in [-0.25, -0.2) is 19.2 Å². The fourth-order valence-corrected chi connectivity index (χ4v) is 3.32. The molecule has 3 aromatic rings. The molecule has 43 heavy (non-hydrogen) atoms. The average molecular weight is 602 g/mol. The van der Waals surface area contributed by atoms with Gasteiger partial charge in [0.05, 0.1) is 11.1 Å². The minimum Gasteiger partial charge on any atom is -0.504 e. The Balaban J connectivity index is 1.87. The quantitative estimate of drug-likeness (QED) is 0.0686. The van der Waals surface area contributed by atoms with Crippen LogP contribution in [0.5, 0.6) is 46.0 Å². The van der Waals surface area contributed by atoms with Crippen LogP contribution in [0.25, 0.3) is 6.08 Å². The lowest BCUT2D eigenvalue weighted by Crippen LogP contribution is -2.44. The van der Waals surface area contributed by atoms with Crippen LogP contribution in [0.3, 0.4) is 0 Å². The molecule has 9 N–H and O–H groups in total. The zero-order valence-corrected chi connectivity index (χ0v) is 21.4. The molecule has 0 amide bonds. The highest BCUT2D eigenvalue weighted by Gasteiger charge is 2.37. The van der Waals surface area contributed by atoms with Crippen molar-refractivity contribution in [1.29, 1.82) is 0 Å². The van der Waals surface area contributed by atoms with Gasteiger partial charge in [-0.05, 0) is 48.0 Å². The second-order valence-electron chi connectivity index (χ2n) is 8.55. The van der Waals surface area contributed by atoms with Gasteiger partial charge >= 0.3 is 23.9 Å².